The monoisotopic (exact) mass is 437 g/mol. The molecule has 2 aliphatic heterocycles. The third kappa shape index (κ3) is 5.49. The molecule has 2 heterocycles. The molecule has 2 fully saturated rings. The van der Waals surface area contributed by atoms with E-state index in [1.54, 1.807) is 4.90 Å². The predicted octanol–water partition coefficient (Wildman–Crippen LogP) is 3.21. The minimum atomic E-state index is -0.930. The summed E-state index contributed by atoms with van der Waals surface area (Å²) in [4.78, 5) is 18.8. The number of ether oxygens (including phenoxy) is 1. The molecule has 0 saturated carbocycles. The first-order chi connectivity index (χ1) is 15.4. The number of piperazine rings is 1. The zero-order valence-electron chi connectivity index (χ0n) is 19.2. The molecule has 0 radical (unpaired) electrons. The lowest BCUT2D eigenvalue weighted by Crippen LogP contribution is -2.75. The zero-order chi connectivity index (χ0) is 22.6. The van der Waals surface area contributed by atoms with Crippen molar-refractivity contribution >= 4 is 6.09 Å². The molecule has 0 aromatic heterocycles. The minimum Gasteiger partial charge on any atom is -0.449 e. The van der Waals surface area contributed by atoms with Gasteiger partial charge in [-0.2, -0.15) is 0 Å². The Bertz CT molecular complexity index is 868. The topological polar surface area (TPSA) is 56.2 Å². The lowest BCUT2D eigenvalue weighted by atomic mass is 9.83. The fraction of sp³-hybridized carbons (Fsp3) is 0.500. The van der Waals surface area contributed by atoms with E-state index in [9.17, 15) is 9.90 Å². The minimum absolute atomic E-state index is 0.0469. The maximum Gasteiger partial charge on any atom is 0.409 e. The number of aliphatic hydroxyl groups is 1. The fourth-order valence-corrected chi connectivity index (χ4v) is 4.66. The Labute approximate surface area is 191 Å². The van der Waals surface area contributed by atoms with Gasteiger partial charge in [-0.3, -0.25) is 9.80 Å². The van der Waals surface area contributed by atoms with E-state index in [0.717, 1.165) is 32.7 Å². The molecule has 172 valence electrons. The van der Waals surface area contributed by atoms with E-state index in [1.807, 2.05) is 26.0 Å². The van der Waals surface area contributed by atoms with Gasteiger partial charge in [-0.05, 0) is 17.0 Å². The van der Waals surface area contributed by atoms with Gasteiger partial charge in [0.05, 0.1) is 25.7 Å². The normalized spacial score (nSPS) is 21.4. The standard InChI is InChI=1S/C26H35N3O3/c1-21(2)18-32-25(30)29-19-26(31,20-29)24-17-27(15-22-9-5-3-6-10-22)13-14-28(24)16-23-11-7-4-8-12-23/h3-12,21,24,31H,13-20H2,1-2H3. The highest BCUT2D eigenvalue weighted by Crippen LogP contribution is 2.32. The fourth-order valence-electron chi connectivity index (χ4n) is 4.66. The SMILES string of the molecule is CC(C)COC(=O)N1CC(O)(C2CN(Cc3ccccc3)CCN2Cc2ccccc2)C1. The summed E-state index contributed by atoms with van der Waals surface area (Å²) in [6, 6.07) is 20.8. The molecule has 6 nitrogen and oxygen atoms in total. The summed E-state index contributed by atoms with van der Waals surface area (Å²) >= 11 is 0. The first kappa shape index (κ1) is 22.8. The zero-order valence-corrected chi connectivity index (χ0v) is 19.2. The van der Waals surface area contributed by atoms with Gasteiger partial charge in [0.1, 0.15) is 5.60 Å². The van der Waals surface area contributed by atoms with Crippen LogP contribution in [0.2, 0.25) is 0 Å². The number of amides is 1. The van der Waals surface area contributed by atoms with E-state index in [0.29, 0.717) is 25.6 Å². The Kier molecular flexibility index (Phi) is 7.13. The summed E-state index contributed by atoms with van der Waals surface area (Å²) in [7, 11) is 0. The number of carbonyl (C=O) groups excluding carboxylic acids is 1. The molecule has 0 aliphatic carbocycles. The van der Waals surface area contributed by atoms with Crippen molar-refractivity contribution in [3.05, 3.63) is 71.8 Å². The Morgan fingerprint density at radius 2 is 1.59 bits per heavy atom. The number of hydrogen-bond donors (Lipinski definition) is 1. The van der Waals surface area contributed by atoms with Crippen LogP contribution >= 0.6 is 0 Å². The van der Waals surface area contributed by atoms with Gasteiger partial charge in [0.15, 0.2) is 0 Å². The molecule has 4 rings (SSSR count). The van der Waals surface area contributed by atoms with Crippen LogP contribution < -0.4 is 0 Å². The molecule has 2 aromatic carbocycles. The molecule has 2 aromatic rings. The first-order valence-electron chi connectivity index (χ1n) is 11.6. The smallest absolute Gasteiger partial charge is 0.409 e. The van der Waals surface area contributed by atoms with Crippen molar-refractivity contribution in [3.63, 3.8) is 0 Å². The van der Waals surface area contributed by atoms with Crippen molar-refractivity contribution in [2.24, 2.45) is 5.92 Å². The van der Waals surface area contributed by atoms with Gasteiger partial charge < -0.3 is 14.7 Å². The van der Waals surface area contributed by atoms with Crippen LogP contribution in [0, 0.1) is 5.92 Å². The van der Waals surface area contributed by atoms with Crippen LogP contribution in [0.4, 0.5) is 4.79 Å². The summed E-state index contributed by atoms with van der Waals surface area (Å²) in [5.74, 6) is 0.297. The molecule has 1 atom stereocenters. The average Bonchev–Trinajstić information content (AvgIpc) is 2.77. The quantitative estimate of drug-likeness (QED) is 0.721. The third-order valence-corrected chi connectivity index (χ3v) is 6.40. The number of benzene rings is 2. The van der Waals surface area contributed by atoms with E-state index >= 15 is 0 Å². The molecule has 32 heavy (non-hydrogen) atoms. The number of hydrogen-bond acceptors (Lipinski definition) is 5. The molecule has 0 bridgehead atoms. The molecular formula is C26H35N3O3. The van der Waals surface area contributed by atoms with Crippen molar-refractivity contribution in [2.45, 2.75) is 38.6 Å². The van der Waals surface area contributed by atoms with Crippen LogP contribution in [0.25, 0.3) is 0 Å². The van der Waals surface area contributed by atoms with Crippen LogP contribution in [0.5, 0.6) is 0 Å². The lowest BCUT2D eigenvalue weighted by molar-refractivity contribution is -0.155. The van der Waals surface area contributed by atoms with Crippen LogP contribution in [0.1, 0.15) is 25.0 Å². The molecular weight excluding hydrogens is 402 g/mol. The van der Waals surface area contributed by atoms with Gasteiger partial charge in [0.25, 0.3) is 0 Å². The van der Waals surface area contributed by atoms with Gasteiger partial charge in [-0.15, -0.1) is 0 Å². The summed E-state index contributed by atoms with van der Waals surface area (Å²) in [5, 5.41) is 11.5. The van der Waals surface area contributed by atoms with Crippen molar-refractivity contribution in [3.8, 4) is 0 Å². The van der Waals surface area contributed by atoms with E-state index in [4.69, 9.17) is 4.74 Å². The average molecular weight is 438 g/mol. The largest absolute Gasteiger partial charge is 0.449 e. The number of carbonyl (C=O) groups is 1. The predicted molar refractivity (Wildman–Crippen MR) is 125 cm³/mol. The Morgan fingerprint density at radius 3 is 2.19 bits per heavy atom. The van der Waals surface area contributed by atoms with Crippen molar-refractivity contribution in [1.29, 1.82) is 0 Å². The van der Waals surface area contributed by atoms with Gasteiger partial charge in [0, 0.05) is 32.7 Å². The summed E-state index contributed by atoms with van der Waals surface area (Å²) in [5.41, 5.74) is 1.59. The van der Waals surface area contributed by atoms with Gasteiger partial charge >= 0.3 is 6.09 Å². The molecule has 1 N–H and O–H groups in total. The van der Waals surface area contributed by atoms with Crippen molar-refractivity contribution < 1.29 is 14.6 Å². The highest BCUT2D eigenvalue weighted by molar-refractivity contribution is 5.69. The van der Waals surface area contributed by atoms with E-state index in [2.05, 4.69) is 58.3 Å². The van der Waals surface area contributed by atoms with Crippen molar-refractivity contribution in [1.82, 2.24) is 14.7 Å². The number of rotatable bonds is 7. The van der Waals surface area contributed by atoms with Crippen LogP contribution in [-0.4, -0.2) is 76.9 Å². The summed E-state index contributed by atoms with van der Waals surface area (Å²) in [6.07, 6.45) is -0.324. The highest BCUT2D eigenvalue weighted by atomic mass is 16.6. The summed E-state index contributed by atoms with van der Waals surface area (Å²) < 4.78 is 5.36. The molecule has 6 heteroatoms. The highest BCUT2D eigenvalue weighted by Gasteiger charge is 2.53. The third-order valence-electron chi connectivity index (χ3n) is 6.40. The Balaban J connectivity index is 1.44. The number of nitrogens with zero attached hydrogens (tertiary/aromatic N) is 3. The molecule has 1 unspecified atom stereocenters. The second-order valence-corrected chi connectivity index (χ2v) is 9.62. The van der Waals surface area contributed by atoms with Crippen LogP contribution in [0.15, 0.2) is 60.7 Å². The van der Waals surface area contributed by atoms with E-state index < -0.39 is 5.60 Å². The van der Waals surface area contributed by atoms with Crippen molar-refractivity contribution in [2.75, 3.05) is 39.3 Å². The molecule has 2 saturated heterocycles. The van der Waals surface area contributed by atoms with E-state index in [-0.39, 0.29) is 12.1 Å². The second kappa shape index (κ2) is 10.0. The maximum absolute atomic E-state index is 12.3. The molecule has 2 aliphatic rings. The lowest BCUT2D eigenvalue weighted by Gasteiger charge is -2.55. The number of β-amino-alcohol motifs (C(OH)–C–C–N with tert-alkyl or cyclic N) is 1. The summed E-state index contributed by atoms with van der Waals surface area (Å²) in [6.45, 7) is 9.35. The molecule has 0 spiro atoms. The van der Waals surface area contributed by atoms with Crippen LogP contribution in [-0.2, 0) is 17.8 Å². The van der Waals surface area contributed by atoms with Gasteiger partial charge in [-0.1, -0.05) is 74.5 Å². The number of likely N-dealkylation sites (tertiary alicyclic amines) is 1. The first-order valence-corrected chi connectivity index (χ1v) is 11.6. The van der Waals surface area contributed by atoms with Crippen LogP contribution in [0.3, 0.4) is 0 Å². The molecule has 1 amide bonds. The van der Waals surface area contributed by atoms with Gasteiger partial charge in [-0.25, -0.2) is 4.79 Å². The van der Waals surface area contributed by atoms with E-state index in [1.165, 1.54) is 11.1 Å². The Hall–Kier alpha value is -2.41. The Morgan fingerprint density at radius 1 is 1.00 bits per heavy atom. The van der Waals surface area contributed by atoms with Gasteiger partial charge in [0.2, 0.25) is 0 Å². The maximum atomic E-state index is 12.3. The second-order valence-electron chi connectivity index (χ2n) is 9.62.